The van der Waals surface area contributed by atoms with Crippen LogP contribution in [0.15, 0.2) is 57.9 Å². The lowest BCUT2D eigenvalue weighted by atomic mass is 10.1. The van der Waals surface area contributed by atoms with Crippen molar-refractivity contribution in [2.45, 2.75) is 24.3 Å². The number of rotatable bonds is 7. The molecule has 0 aliphatic carbocycles. The van der Waals surface area contributed by atoms with Crippen molar-refractivity contribution >= 4 is 27.7 Å². The minimum absolute atomic E-state index is 0.0224. The van der Waals surface area contributed by atoms with Crippen molar-refractivity contribution in [3.63, 3.8) is 0 Å². The van der Waals surface area contributed by atoms with Crippen LogP contribution >= 0.6 is 27.7 Å². The van der Waals surface area contributed by atoms with E-state index in [2.05, 4.69) is 47.1 Å². The van der Waals surface area contributed by atoms with Gasteiger partial charge in [0.05, 0.1) is 6.61 Å². The molecule has 2 nitrogen and oxygen atoms in total. The van der Waals surface area contributed by atoms with Crippen molar-refractivity contribution < 1.29 is 4.74 Å². The average Bonchev–Trinajstić information content (AvgIpc) is 2.51. The quantitative estimate of drug-likeness (QED) is 0.698. The molecule has 0 saturated heterocycles. The zero-order chi connectivity index (χ0) is 15.1. The van der Waals surface area contributed by atoms with Gasteiger partial charge in [-0.05, 0) is 42.3 Å². The van der Waals surface area contributed by atoms with E-state index in [0.717, 1.165) is 34.6 Å². The lowest BCUT2D eigenvalue weighted by Crippen LogP contribution is -2.12. The van der Waals surface area contributed by atoms with Gasteiger partial charge in [0, 0.05) is 21.2 Å². The second-order valence-corrected chi connectivity index (χ2v) is 6.80. The molecule has 0 fully saturated rings. The van der Waals surface area contributed by atoms with Crippen molar-refractivity contribution in [3.05, 3.63) is 58.6 Å². The zero-order valence-electron chi connectivity index (χ0n) is 12.1. The molecule has 4 heteroatoms. The number of halogens is 1. The molecule has 2 N–H and O–H groups in total. The minimum atomic E-state index is 0.0224. The van der Waals surface area contributed by atoms with Crippen molar-refractivity contribution in [2.24, 2.45) is 5.73 Å². The minimum Gasteiger partial charge on any atom is -0.494 e. The fraction of sp³-hybridized carbons (Fsp3) is 0.294. The third-order valence-corrected chi connectivity index (χ3v) is 4.61. The van der Waals surface area contributed by atoms with Gasteiger partial charge in [-0.2, -0.15) is 0 Å². The van der Waals surface area contributed by atoms with Gasteiger partial charge in [-0.15, -0.1) is 11.8 Å². The van der Waals surface area contributed by atoms with E-state index in [-0.39, 0.29) is 6.04 Å². The molecule has 0 bridgehead atoms. The van der Waals surface area contributed by atoms with Crippen LogP contribution in [0.4, 0.5) is 0 Å². The molecule has 0 aliphatic heterocycles. The Balaban J connectivity index is 1.89. The summed E-state index contributed by atoms with van der Waals surface area (Å²) in [5, 5.41) is 0. The second-order valence-electron chi connectivity index (χ2n) is 4.79. The summed E-state index contributed by atoms with van der Waals surface area (Å²) in [4.78, 5) is 1.22. The van der Waals surface area contributed by atoms with Crippen molar-refractivity contribution in [3.8, 4) is 5.75 Å². The van der Waals surface area contributed by atoms with Crippen LogP contribution < -0.4 is 10.5 Å². The summed E-state index contributed by atoms with van der Waals surface area (Å²) < 4.78 is 6.68. The molecule has 2 aromatic carbocycles. The smallest absolute Gasteiger partial charge is 0.119 e. The van der Waals surface area contributed by atoms with Gasteiger partial charge in [-0.25, -0.2) is 0 Å². The van der Waals surface area contributed by atoms with E-state index in [4.69, 9.17) is 10.5 Å². The number of hydrogen-bond donors (Lipinski definition) is 1. The van der Waals surface area contributed by atoms with Crippen LogP contribution in [0.25, 0.3) is 0 Å². The van der Waals surface area contributed by atoms with Gasteiger partial charge in [0.25, 0.3) is 0 Å². The van der Waals surface area contributed by atoms with Crippen LogP contribution in [0, 0.1) is 0 Å². The fourth-order valence-electron chi connectivity index (χ4n) is 1.87. The van der Waals surface area contributed by atoms with Gasteiger partial charge in [-0.3, -0.25) is 0 Å². The molecule has 0 spiro atoms. The summed E-state index contributed by atoms with van der Waals surface area (Å²) in [5.41, 5.74) is 7.40. The molecule has 0 amide bonds. The first-order chi connectivity index (χ1) is 10.2. The van der Waals surface area contributed by atoms with E-state index in [0.29, 0.717) is 0 Å². The number of nitrogens with two attached hydrogens (primary N) is 1. The van der Waals surface area contributed by atoms with Crippen molar-refractivity contribution in [1.29, 1.82) is 0 Å². The van der Waals surface area contributed by atoms with Gasteiger partial charge in [0.15, 0.2) is 0 Å². The largest absolute Gasteiger partial charge is 0.494 e. The predicted octanol–water partition coefficient (Wildman–Crippen LogP) is 5.03. The molecule has 1 atom stereocenters. The standard InChI is InChI=1S/C17H20BrNOS/c1-2-10-20-15-8-6-13(7-9-15)17(19)12-21-16-5-3-4-14(18)11-16/h3-9,11,17H,2,10,12,19H2,1H3. The predicted molar refractivity (Wildman–Crippen MR) is 94.0 cm³/mol. The Labute approximate surface area is 139 Å². The van der Waals surface area contributed by atoms with Gasteiger partial charge in [-0.1, -0.05) is 41.1 Å². The maximum Gasteiger partial charge on any atom is 0.119 e. The normalized spacial score (nSPS) is 12.1. The molecule has 0 radical (unpaired) electrons. The SMILES string of the molecule is CCCOc1ccc(C(N)CSc2cccc(Br)c2)cc1. The van der Waals surface area contributed by atoms with Crippen LogP contribution in [-0.2, 0) is 0 Å². The Bertz CT molecular complexity index is 559. The average molecular weight is 366 g/mol. The van der Waals surface area contributed by atoms with E-state index in [1.807, 2.05) is 24.3 Å². The highest BCUT2D eigenvalue weighted by Crippen LogP contribution is 2.26. The molecular weight excluding hydrogens is 346 g/mol. The molecule has 2 rings (SSSR count). The molecule has 2 aromatic rings. The van der Waals surface area contributed by atoms with Crippen LogP contribution in [0.5, 0.6) is 5.75 Å². The number of hydrogen-bond acceptors (Lipinski definition) is 3. The lowest BCUT2D eigenvalue weighted by molar-refractivity contribution is 0.317. The summed E-state index contributed by atoms with van der Waals surface area (Å²) in [5.74, 6) is 1.76. The number of benzene rings is 2. The molecule has 1 unspecified atom stereocenters. The van der Waals surface area contributed by atoms with Crippen LogP contribution in [-0.4, -0.2) is 12.4 Å². The Morgan fingerprint density at radius 1 is 1.19 bits per heavy atom. The number of thioether (sulfide) groups is 1. The molecule has 0 aliphatic rings. The molecule has 0 aromatic heterocycles. The van der Waals surface area contributed by atoms with Gasteiger partial charge < -0.3 is 10.5 Å². The maximum absolute atomic E-state index is 6.26. The first-order valence-electron chi connectivity index (χ1n) is 7.05. The first-order valence-corrected chi connectivity index (χ1v) is 8.83. The third kappa shape index (κ3) is 5.38. The van der Waals surface area contributed by atoms with Gasteiger partial charge in [0.2, 0.25) is 0 Å². The Kier molecular flexibility index (Phi) is 6.61. The van der Waals surface area contributed by atoms with E-state index >= 15 is 0 Å². The van der Waals surface area contributed by atoms with E-state index in [1.54, 1.807) is 11.8 Å². The van der Waals surface area contributed by atoms with E-state index < -0.39 is 0 Å². The first kappa shape index (κ1) is 16.4. The van der Waals surface area contributed by atoms with Crippen molar-refractivity contribution in [1.82, 2.24) is 0 Å². The third-order valence-electron chi connectivity index (χ3n) is 3.01. The highest BCUT2D eigenvalue weighted by atomic mass is 79.9. The molecular formula is C17H20BrNOS. The Morgan fingerprint density at radius 2 is 1.95 bits per heavy atom. The maximum atomic E-state index is 6.26. The second kappa shape index (κ2) is 8.47. The highest BCUT2D eigenvalue weighted by molar-refractivity contribution is 9.10. The molecule has 0 heterocycles. The summed E-state index contributed by atoms with van der Waals surface area (Å²) in [6.45, 7) is 2.85. The Hall–Kier alpha value is -0.970. The van der Waals surface area contributed by atoms with E-state index in [1.165, 1.54) is 4.90 Å². The number of ether oxygens (including phenoxy) is 1. The topological polar surface area (TPSA) is 35.2 Å². The zero-order valence-corrected chi connectivity index (χ0v) is 14.5. The molecule has 112 valence electrons. The highest BCUT2D eigenvalue weighted by Gasteiger charge is 2.07. The monoisotopic (exact) mass is 365 g/mol. The summed E-state index contributed by atoms with van der Waals surface area (Å²) in [6, 6.07) is 16.4. The van der Waals surface area contributed by atoms with Gasteiger partial charge >= 0.3 is 0 Å². The van der Waals surface area contributed by atoms with Crippen LogP contribution in [0.1, 0.15) is 24.9 Å². The van der Waals surface area contributed by atoms with Gasteiger partial charge in [0.1, 0.15) is 5.75 Å². The summed E-state index contributed by atoms with van der Waals surface area (Å²) in [7, 11) is 0. The lowest BCUT2D eigenvalue weighted by Gasteiger charge is -2.13. The molecule has 21 heavy (non-hydrogen) atoms. The van der Waals surface area contributed by atoms with E-state index in [9.17, 15) is 0 Å². The Morgan fingerprint density at radius 3 is 2.62 bits per heavy atom. The van der Waals surface area contributed by atoms with Crippen molar-refractivity contribution in [2.75, 3.05) is 12.4 Å². The fourth-order valence-corrected chi connectivity index (χ4v) is 3.37. The van der Waals surface area contributed by atoms with Crippen LogP contribution in [0.2, 0.25) is 0 Å². The van der Waals surface area contributed by atoms with Crippen LogP contribution in [0.3, 0.4) is 0 Å². The summed E-state index contributed by atoms with van der Waals surface area (Å²) in [6.07, 6.45) is 1.02. The summed E-state index contributed by atoms with van der Waals surface area (Å²) >= 11 is 5.25. The molecule has 0 saturated carbocycles.